The third-order valence-corrected chi connectivity index (χ3v) is 8.62. The number of hydrogen-bond acceptors (Lipinski definition) is 13. The summed E-state index contributed by atoms with van der Waals surface area (Å²) in [5.74, 6) is -3.70. The number of aliphatic hydroxyl groups is 6. The second-order valence-electron chi connectivity index (χ2n) is 12.4. The van der Waals surface area contributed by atoms with Crippen molar-refractivity contribution in [3.8, 4) is 0 Å². The highest BCUT2D eigenvalue weighted by Crippen LogP contribution is 2.38. The molecule has 9 atom stereocenters. The summed E-state index contributed by atoms with van der Waals surface area (Å²) in [6.45, 7) is 4.96. The molecule has 0 aromatic heterocycles. The molecule has 13 heteroatoms. The van der Waals surface area contributed by atoms with Crippen LogP contribution in [0.2, 0.25) is 0 Å². The minimum absolute atomic E-state index is 0.0180. The highest BCUT2D eigenvalue weighted by molar-refractivity contribution is 5.70. The molecule has 0 spiro atoms. The van der Waals surface area contributed by atoms with Crippen LogP contribution >= 0.6 is 0 Å². The Bertz CT molecular complexity index is 916. The lowest BCUT2D eigenvalue weighted by atomic mass is 9.98. The zero-order chi connectivity index (χ0) is 34.7. The lowest BCUT2D eigenvalue weighted by Gasteiger charge is -2.44. The van der Waals surface area contributed by atoms with Crippen LogP contribution in [-0.4, -0.2) is 117 Å². The lowest BCUT2D eigenvalue weighted by molar-refractivity contribution is -0.384. The van der Waals surface area contributed by atoms with Gasteiger partial charge >= 0.3 is 11.9 Å². The molecule has 0 bridgehead atoms. The van der Waals surface area contributed by atoms with E-state index in [1.807, 2.05) is 12.2 Å². The molecule has 0 aromatic carbocycles. The Morgan fingerprint density at radius 1 is 0.660 bits per heavy atom. The minimum atomic E-state index is -2.31. The van der Waals surface area contributed by atoms with E-state index in [2.05, 4.69) is 13.2 Å². The number of esters is 2. The van der Waals surface area contributed by atoms with Crippen molar-refractivity contribution in [2.24, 2.45) is 0 Å². The summed E-state index contributed by atoms with van der Waals surface area (Å²) in [5.41, 5.74) is 0. The van der Waals surface area contributed by atoms with E-state index >= 15 is 0 Å². The number of ether oxygens (including phenoxy) is 5. The van der Waals surface area contributed by atoms with Gasteiger partial charge in [0, 0.05) is 12.8 Å². The van der Waals surface area contributed by atoms with Crippen LogP contribution in [0.3, 0.4) is 0 Å². The van der Waals surface area contributed by atoms with Crippen molar-refractivity contribution in [1.29, 1.82) is 0 Å². The first-order valence-electron chi connectivity index (χ1n) is 17.2. The van der Waals surface area contributed by atoms with Gasteiger partial charge < -0.3 is 54.3 Å². The van der Waals surface area contributed by atoms with Crippen molar-refractivity contribution in [2.75, 3.05) is 19.8 Å². The molecular weight excluding hydrogens is 616 g/mol. The Hall–Kier alpha value is -1.94. The van der Waals surface area contributed by atoms with Crippen LogP contribution in [-0.2, 0) is 33.3 Å². The predicted molar refractivity (Wildman–Crippen MR) is 171 cm³/mol. The van der Waals surface area contributed by atoms with E-state index in [4.69, 9.17) is 23.7 Å². The molecule has 2 aliphatic heterocycles. The molecule has 0 aliphatic carbocycles. The van der Waals surface area contributed by atoms with E-state index in [1.54, 1.807) is 0 Å². The Morgan fingerprint density at radius 2 is 1.15 bits per heavy atom. The first kappa shape index (κ1) is 41.2. The number of allylic oxidation sites excluding steroid dienone is 2. The Balaban J connectivity index is 2.07. The molecule has 2 rings (SSSR count). The van der Waals surface area contributed by atoms with Gasteiger partial charge in [0.05, 0.1) is 13.2 Å². The molecule has 2 fully saturated rings. The molecule has 272 valence electrons. The second kappa shape index (κ2) is 22.6. The summed E-state index contributed by atoms with van der Waals surface area (Å²) in [7, 11) is 0. The number of aliphatic hydroxyl groups excluding tert-OH is 6. The zero-order valence-corrected chi connectivity index (χ0v) is 27.7. The third kappa shape index (κ3) is 13.1. The summed E-state index contributed by atoms with van der Waals surface area (Å²) < 4.78 is 28.3. The standard InChI is InChI=1S/C34H58O13/c1-3-5-7-9-11-13-15-17-19-26(38)44-31-30(42)28(40)24(21-35)43-33(31)47-34(23-37)32(29(41)25(22-36)46-34)45-27(39)20-18-16-14-12-10-8-6-4-2/h3-4,24-25,28-33,35-37,40-42H,1-2,5-23H2/t24-,25-,28-,29-,30+,31-,32+,33-,34+/m1/s1. The number of rotatable bonds is 25. The van der Waals surface area contributed by atoms with Gasteiger partial charge in [-0.1, -0.05) is 63.5 Å². The van der Waals surface area contributed by atoms with Gasteiger partial charge in [0.2, 0.25) is 12.1 Å². The number of carbonyl (C=O) groups is 2. The van der Waals surface area contributed by atoms with Crippen molar-refractivity contribution < 1.29 is 63.9 Å². The number of carbonyl (C=O) groups excluding carboxylic acids is 2. The molecule has 0 aromatic rings. The molecule has 2 aliphatic rings. The zero-order valence-electron chi connectivity index (χ0n) is 27.7. The highest BCUT2D eigenvalue weighted by Gasteiger charge is 2.61. The maximum absolute atomic E-state index is 12.8. The van der Waals surface area contributed by atoms with Gasteiger partial charge in [-0.3, -0.25) is 9.59 Å². The molecule has 2 saturated heterocycles. The monoisotopic (exact) mass is 674 g/mol. The van der Waals surface area contributed by atoms with Crippen LogP contribution in [0.5, 0.6) is 0 Å². The normalized spacial score (nSPS) is 30.6. The van der Waals surface area contributed by atoms with E-state index in [0.717, 1.165) is 77.0 Å². The first-order chi connectivity index (χ1) is 22.7. The maximum Gasteiger partial charge on any atom is 0.306 e. The van der Waals surface area contributed by atoms with Crippen molar-refractivity contribution in [2.45, 2.75) is 158 Å². The topological polar surface area (TPSA) is 202 Å². The van der Waals surface area contributed by atoms with E-state index in [0.29, 0.717) is 12.8 Å². The van der Waals surface area contributed by atoms with Crippen LogP contribution in [0.15, 0.2) is 25.3 Å². The summed E-state index contributed by atoms with van der Waals surface area (Å²) in [6, 6.07) is 0. The Kier molecular flexibility index (Phi) is 19.9. The summed E-state index contributed by atoms with van der Waals surface area (Å²) >= 11 is 0. The summed E-state index contributed by atoms with van der Waals surface area (Å²) in [5, 5.41) is 62.3. The van der Waals surface area contributed by atoms with Crippen molar-refractivity contribution in [1.82, 2.24) is 0 Å². The van der Waals surface area contributed by atoms with E-state index in [9.17, 15) is 40.2 Å². The molecule has 0 radical (unpaired) electrons. The minimum Gasteiger partial charge on any atom is -0.454 e. The lowest BCUT2D eigenvalue weighted by Crippen LogP contribution is -2.64. The third-order valence-electron chi connectivity index (χ3n) is 8.62. The van der Waals surface area contributed by atoms with Gasteiger partial charge in [0.15, 0.2) is 12.2 Å². The molecule has 47 heavy (non-hydrogen) atoms. The van der Waals surface area contributed by atoms with E-state index in [1.165, 1.54) is 0 Å². The van der Waals surface area contributed by atoms with Gasteiger partial charge in [-0.25, -0.2) is 0 Å². The predicted octanol–water partition coefficient (Wildman–Crippen LogP) is 2.32. The maximum atomic E-state index is 12.8. The molecular formula is C34H58O13. The smallest absolute Gasteiger partial charge is 0.306 e. The Labute approximate surface area is 278 Å². The van der Waals surface area contributed by atoms with Gasteiger partial charge in [-0.15, -0.1) is 13.2 Å². The molecule has 0 amide bonds. The number of unbranched alkanes of at least 4 members (excludes halogenated alkanes) is 12. The summed E-state index contributed by atoms with van der Waals surface area (Å²) in [6.07, 6.45) is 3.78. The second-order valence-corrected chi connectivity index (χ2v) is 12.4. The van der Waals surface area contributed by atoms with Gasteiger partial charge in [-0.2, -0.15) is 0 Å². The largest absolute Gasteiger partial charge is 0.454 e. The van der Waals surface area contributed by atoms with Crippen molar-refractivity contribution in [3.05, 3.63) is 25.3 Å². The van der Waals surface area contributed by atoms with Crippen LogP contribution in [0.4, 0.5) is 0 Å². The first-order valence-corrected chi connectivity index (χ1v) is 17.2. The molecule has 0 unspecified atom stereocenters. The highest BCUT2D eigenvalue weighted by atomic mass is 16.8. The molecule has 6 N–H and O–H groups in total. The fraction of sp³-hybridized carbons (Fsp3) is 0.824. The fourth-order valence-electron chi connectivity index (χ4n) is 5.83. The van der Waals surface area contributed by atoms with Crippen LogP contribution in [0.25, 0.3) is 0 Å². The fourth-order valence-corrected chi connectivity index (χ4v) is 5.83. The van der Waals surface area contributed by atoms with Crippen molar-refractivity contribution in [3.63, 3.8) is 0 Å². The molecule has 0 saturated carbocycles. The van der Waals surface area contributed by atoms with E-state index < -0.39 is 86.6 Å². The Morgan fingerprint density at radius 3 is 1.64 bits per heavy atom. The van der Waals surface area contributed by atoms with Gasteiger partial charge in [-0.05, 0) is 38.5 Å². The van der Waals surface area contributed by atoms with E-state index in [-0.39, 0.29) is 12.8 Å². The van der Waals surface area contributed by atoms with Crippen LogP contribution in [0.1, 0.15) is 103 Å². The molecule has 2 heterocycles. The average molecular weight is 675 g/mol. The van der Waals surface area contributed by atoms with Crippen LogP contribution in [0, 0.1) is 0 Å². The quantitative estimate of drug-likeness (QED) is 0.0469. The summed E-state index contributed by atoms with van der Waals surface area (Å²) in [4.78, 5) is 25.6. The van der Waals surface area contributed by atoms with Gasteiger partial charge in [0.1, 0.15) is 37.1 Å². The SMILES string of the molecule is C=CCCCCCCCCC(=O)O[C@H]1[C@@H](O[C@]2(CO)O[C@H](CO)[C@@H](O)[C@@H]2OC(=O)CCCCCCCCC=C)O[C@H](CO)[C@@H](O)[C@@H]1O. The van der Waals surface area contributed by atoms with Crippen molar-refractivity contribution >= 4 is 11.9 Å². The molecule has 13 nitrogen and oxygen atoms in total. The van der Waals surface area contributed by atoms with Crippen LogP contribution < -0.4 is 0 Å². The number of hydrogen-bond donors (Lipinski definition) is 6. The van der Waals surface area contributed by atoms with Gasteiger partial charge in [0.25, 0.3) is 0 Å². The average Bonchev–Trinajstić information content (AvgIpc) is 3.33.